The lowest BCUT2D eigenvalue weighted by atomic mass is 10.2. The highest BCUT2D eigenvalue weighted by molar-refractivity contribution is 7.99. The molecule has 5 nitrogen and oxygen atoms in total. The Morgan fingerprint density at radius 1 is 1.24 bits per heavy atom. The number of aromatic nitrogens is 1. The van der Waals surface area contributed by atoms with E-state index in [1.165, 1.54) is 23.5 Å². The first-order valence-corrected chi connectivity index (χ1v) is 6.12. The van der Waals surface area contributed by atoms with E-state index in [1.54, 1.807) is 0 Å². The van der Waals surface area contributed by atoms with Crippen LogP contribution in [0, 0.1) is 0 Å². The Hall–Kier alpha value is -1.56. The minimum Gasteiger partial charge on any atom is -0.543 e. The maximum atomic E-state index is 8.93. The molecule has 6 heteroatoms. The summed E-state index contributed by atoms with van der Waals surface area (Å²) in [6.07, 6.45) is 4.87. The van der Waals surface area contributed by atoms with E-state index in [-0.39, 0.29) is 0 Å². The van der Waals surface area contributed by atoms with Crippen molar-refractivity contribution in [1.29, 1.82) is 0 Å². The Balaban J connectivity index is 0.000000366. The Bertz CT molecular complexity index is 331. The lowest BCUT2D eigenvalue weighted by Gasteiger charge is -1.97. The van der Waals surface area contributed by atoms with Crippen LogP contribution in [0.3, 0.4) is 0 Å². The third-order valence-electron chi connectivity index (χ3n) is 1.66. The van der Waals surface area contributed by atoms with Crippen LogP contribution in [0.5, 0.6) is 0 Å². The molecule has 94 valence electrons. The molecule has 1 heterocycles. The van der Waals surface area contributed by atoms with Gasteiger partial charge in [-0.3, -0.25) is 4.98 Å². The van der Waals surface area contributed by atoms with Gasteiger partial charge in [-0.05, 0) is 35.6 Å². The Morgan fingerprint density at radius 2 is 1.76 bits per heavy atom. The summed E-state index contributed by atoms with van der Waals surface area (Å²) in [6.45, 7) is 2.19. The van der Waals surface area contributed by atoms with Crippen LogP contribution in [0.1, 0.15) is 12.5 Å². The number of hydrogen-bond acceptors (Lipinski definition) is 6. The molecule has 0 aliphatic heterocycles. The van der Waals surface area contributed by atoms with Crippen molar-refractivity contribution in [1.82, 2.24) is 4.98 Å². The number of rotatable bonds is 4. The Labute approximate surface area is 104 Å². The van der Waals surface area contributed by atoms with E-state index in [0.29, 0.717) is 0 Å². The number of nitrogens with zero attached hydrogens (tertiary/aromatic N) is 1. The highest BCUT2D eigenvalue weighted by Gasteiger charge is 1.89. The van der Waals surface area contributed by atoms with Gasteiger partial charge in [-0.25, -0.2) is 0 Å². The van der Waals surface area contributed by atoms with Gasteiger partial charge < -0.3 is 19.8 Å². The van der Waals surface area contributed by atoms with Gasteiger partial charge >= 0.3 is 0 Å². The fourth-order valence-corrected chi connectivity index (χ4v) is 1.55. The van der Waals surface area contributed by atoms with Crippen molar-refractivity contribution in [2.45, 2.75) is 13.3 Å². The van der Waals surface area contributed by atoms with Gasteiger partial charge in [0.1, 0.15) is 0 Å². The van der Waals surface area contributed by atoms with E-state index < -0.39 is 11.9 Å². The van der Waals surface area contributed by atoms with Gasteiger partial charge in [0.25, 0.3) is 0 Å². The number of aryl methyl sites for hydroxylation is 1. The first-order valence-electron chi connectivity index (χ1n) is 4.96. The summed E-state index contributed by atoms with van der Waals surface area (Å²) in [5.74, 6) is -1.93. The zero-order chi connectivity index (χ0) is 13.1. The molecule has 1 rings (SSSR count). The number of aliphatic carboxylic acids is 2. The third-order valence-corrected chi connectivity index (χ3v) is 2.56. The molecule has 0 aromatic carbocycles. The SMILES string of the molecule is CCSCCc1ccncc1.O=C([O-])C(=O)[O-]. The standard InChI is InChI=1S/C9H13NS.C2H2O4/c1-2-11-8-5-9-3-6-10-7-4-9;3-1(4)2(5)6/h3-4,6-7H,2,5,8H2,1H3;(H,3,4)(H,5,6)/p-2. The summed E-state index contributed by atoms with van der Waals surface area (Å²) in [7, 11) is 0. The first-order chi connectivity index (χ1) is 8.07. The number of carboxylic acids is 2. The van der Waals surface area contributed by atoms with Crippen molar-refractivity contribution in [2.75, 3.05) is 11.5 Å². The second kappa shape index (κ2) is 9.65. The number of carbonyl (C=O) groups excluding carboxylic acids is 2. The van der Waals surface area contributed by atoms with Crippen LogP contribution in [-0.4, -0.2) is 28.4 Å². The van der Waals surface area contributed by atoms with E-state index >= 15 is 0 Å². The van der Waals surface area contributed by atoms with Crippen molar-refractivity contribution < 1.29 is 19.8 Å². The van der Waals surface area contributed by atoms with Crippen LogP contribution in [-0.2, 0) is 16.0 Å². The predicted molar refractivity (Wildman–Crippen MR) is 61.0 cm³/mol. The van der Waals surface area contributed by atoms with Gasteiger partial charge in [0.15, 0.2) is 0 Å². The maximum Gasteiger partial charge on any atom is 0.0870 e. The number of pyridine rings is 1. The normalized spacial score (nSPS) is 9.00. The second-order valence-electron chi connectivity index (χ2n) is 2.88. The Morgan fingerprint density at radius 3 is 2.18 bits per heavy atom. The summed E-state index contributed by atoms with van der Waals surface area (Å²) in [5, 5.41) is 17.9. The topological polar surface area (TPSA) is 93.2 Å². The second-order valence-corrected chi connectivity index (χ2v) is 4.27. The predicted octanol–water partition coefficient (Wildman–Crippen LogP) is -1.14. The third kappa shape index (κ3) is 9.37. The molecule has 0 aliphatic carbocycles. The molecule has 0 amide bonds. The molecule has 0 spiro atoms. The maximum absolute atomic E-state index is 8.93. The van der Waals surface area contributed by atoms with Crippen LogP contribution in [0.2, 0.25) is 0 Å². The molecular formula is C11H13NO4S-2. The summed E-state index contributed by atoms with van der Waals surface area (Å²) in [4.78, 5) is 21.8. The molecule has 0 saturated carbocycles. The van der Waals surface area contributed by atoms with E-state index in [4.69, 9.17) is 19.8 Å². The smallest absolute Gasteiger partial charge is 0.0870 e. The van der Waals surface area contributed by atoms with Crippen LogP contribution >= 0.6 is 11.8 Å². The van der Waals surface area contributed by atoms with Crippen molar-refractivity contribution in [3.05, 3.63) is 30.1 Å². The number of carbonyl (C=O) groups is 2. The van der Waals surface area contributed by atoms with Crippen molar-refractivity contribution in [2.24, 2.45) is 0 Å². The van der Waals surface area contributed by atoms with Gasteiger partial charge in [0, 0.05) is 12.4 Å². The minimum absolute atomic E-state index is 1.17. The molecule has 0 saturated heterocycles. The average molecular weight is 255 g/mol. The van der Waals surface area contributed by atoms with Crippen LogP contribution in [0.4, 0.5) is 0 Å². The molecule has 0 atom stereocenters. The number of carboxylic acid groups (broad SMARTS) is 2. The highest BCUT2D eigenvalue weighted by atomic mass is 32.2. The number of hydrogen-bond donors (Lipinski definition) is 0. The number of thioether (sulfide) groups is 1. The van der Waals surface area contributed by atoms with Gasteiger partial charge in [-0.2, -0.15) is 11.8 Å². The zero-order valence-electron chi connectivity index (χ0n) is 9.42. The van der Waals surface area contributed by atoms with E-state index in [1.807, 2.05) is 24.2 Å². The fraction of sp³-hybridized carbons (Fsp3) is 0.364. The van der Waals surface area contributed by atoms with Crippen LogP contribution < -0.4 is 10.2 Å². The summed E-state index contributed by atoms with van der Waals surface area (Å²) in [6, 6.07) is 4.16. The molecule has 0 bridgehead atoms. The molecule has 0 radical (unpaired) electrons. The fourth-order valence-electron chi connectivity index (χ4n) is 0.884. The average Bonchev–Trinajstić information content (AvgIpc) is 2.31. The molecule has 1 aromatic heterocycles. The molecule has 0 N–H and O–H groups in total. The van der Waals surface area contributed by atoms with Gasteiger partial charge in [-0.15, -0.1) is 0 Å². The summed E-state index contributed by atoms with van der Waals surface area (Å²) < 4.78 is 0. The van der Waals surface area contributed by atoms with E-state index in [0.717, 1.165) is 0 Å². The van der Waals surface area contributed by atoms with E-state index in [9.17, 15) is 0 Å². The molecule has 0 fully saturated rings. The summed E-state index contributed by atoms with van der Waals surface area (Å²) in [5.41, 5.74) is 1.39. The largest absolute Gasteiger partial charge is 0.543 e. The highest BCUT2D eigenvalue weighted by Crippen LogP contribution is 2.04. The van der Waals surface area contributed by atoms with E-state index in [2.05, 4.69) is 24.0 Å². The molecule has 1 aromatic rings. The van der Waals surface area contributed by atoms with Crippen molar-refractivity contribution in [3.8, 4) is 0 Å². The van der Waals surface area contributed by atoms with Crippen LogP contribution in [0.25, 0.3) is 0 Å². The van der Waals surface area contributed by atoms with Crippen molar-refractivity contribution in [3.63, 3.8) is 0 Å². The minimum atomic E-state index is -2.19. The zero-order valence-corrected chi connectivity index (χ0v) is 10.2. The first kappa shape index (κ1) is 15.4. The molecule has 0 unspecified atom stereocenters. The molecular weight excluding hydrogens is 242 g/mol. The quantitative estimate of drug-likeness (QED) is 0.499. The lowest BCUT2D eigenvalue weighted by molar-refractivity contribution is -0.345. The van der Waals surface area contributed by atoms with Gasteiger partial charge in [-0.1, -0.05) is 6.92 Å². The monoisotopic (exact) mass is 255 g/mol. The van der Waals surface area contributed by atoms with Crippen molar-refractivity contribution >= 4 is 23.7 Å². The summed E-state index contributed by atoms with van der Waals surface area (Å²) >= 11 is 1.98. The van der Waals surface area contributed by atoms with Gasteiger partial charge in [0.2, 0.25) is 0 Å². The Kier molecular flexibility index (Phi) is 8.77. The van der Waals surface area contributed by atoms with Gasteiger partial charge in [0.05, 0.1) is 11.9 Å². The lowest BCUT2D eigenvalue weighted by Crippen LogP contribution is -2.42. The van der Waals surface area contributed by atoms with Crippen LogP contribution in [0.15, 0.2) is 24.5 Å². The molecule has 0 aliphatic rings. The molecule has 17 heavy (non-hydrogen) atoms.